The van der Waals surface area contributed by atoms with Gasteiger partial charge in [-0.3, -0.25) is 0 Å². The Morgan fingerprint density at radius 1 is 1.00 bits per heavy atom. The molecule has 0 bridgehead atoms. The Morgan fingerprint density at radius 3 is 2.17 bits per heavy atom. The third-order valence-electron chi connectivity index (χ3n) is 6.99. The van der Waals surface area contributed by atoms with Crippen molar-refractivity contribution < 1.29 is 19.4 Å². The van der Waals surface area contributed by atoms with Crippen molar-refractivity contribution in [2.24, 2.45) is 0 Å². The van der Waals surface area contributed by atoms with Gasteiger partial charge in [-0.2, -0.15) is 0 Å². The van der Waals surface area contributed by atoms with Gasteiger partial charge in [0.05, 0.1) is 5.56 Å². The summed E-state index contributed by atoms with van der Waals surface area (Å²) in [4.78, 5) is 28.3. The Morgan fingerprint density at radius 2 is 1.60 bits per heavy atom. The average Bonchev–Trinajstić information content (AvgIpc) is 3.21. The van der Waals surface area contributed by atoms with Gasteiger partial charge in [-0.05, 0) is 46.9 Å². The van der Waals surface area contributed by atoms with Gasteiger partial charge in [0.25, 0.3) is 0 Å². The number of piperazine rings is 1. The molecule has 1 fully saturated rings. The fourth-order valence-corrected chi connectivity index (χ4v) is 5.15. The lowest BCUT2D eigenvalue weighted by atomic mass is 9.98. The van der Waals surface area contributed by atoms with Crippen LogP contribution in [0, 0.1) is 19.3 Å². The van der Waals surface area contributed by atoms with Crippen LogP contribution in [0.3, 0.4) is 0 Å². The highest BCUT2D eigenvalue weighted by molar-refractivity contribution is 5.92. The van der Waals surface area contributed by atoms with E-state index in [1.54, 1.807) is 11.8 Å². The predicted octanol–water partition coefficient (Wildman–Crippen LogP) is 4.75. The Kier molecular flexibility index (Phi) is 5.92. The third-order valence-corrected chi connectivity index (χ3v) is 6.99. The monoisotopic (exact) mass is 466 g/mol. The summed E-state index contributed by atoms with van der Waals surface area (Å²) in [6.45, 7) is 4.18. The molecule has 1 heterocycles. The zero-order valence-corrected chi connectivity index (χ0v) is 19.5. The highest BCUT2D eigenvalue weighted by Crippen LogP contribution is 2.44. The van der Waals surface area contributed by atoms with Crippen molar-refractivity contribution in [3.05, 3.63) is 88.5 Å². The number of rotatable bonds is 4. The molecule has 3 aromatic carbocycles. The molecule has 6 heteroatoms. The minimum Gasteiger partial charge on any atom is -0.478 e. The average molecular weight is 467 g/mol. The SMILES string of the molecule is C#Cc1cc(C(=O)O)c(C)c(N2CCN(C(=O)OCC3c4ccccc4-c4ccccc43)CC2)c1. The molecule has 1 aliphatic carbocycles. The molecule has 5 rings (SSSR count). The molecule has 1 N–H and O–H groups in total. The van der Waals surface area contributed by atoms with Crippen LogP contribution < -0.4 is 4.90 Å². The van der Waals surface area contributed by atoms with Gasteiger partial charge in [-0.1, -0.05) is 54.5 Å². The van der Waals surface area contributed by atoms with E-state index in [2.05, 4.69) is 35.1 Å². The van der Waals surface area contributed by atoms with Crippen LogP contribution in [0.5, 0.6) is 0 Å². The van der Waals surface area contributed by atoms with E-state index in [0.717, 1.165) is 5.69 Å². The summed E-state index contributed by atoms with van der Waals surface area (Å²) in [6, 6.07) is 19.9. The summed E-state index contributed by atoms with van der Waals surface area (Å²) in [5.41, 5.74) is 6.97. The fraction of sp³-hybridized carbons (Fsp3) is 0.241. The minimum absolute atomic E-state index is 0.0243. The molecule has 176 valence electrons. The normalized spacial score (nSPS) is 14.7. The van der Waals surface area contributed by atoms with Crippen LogP contribution in [-0.4, -0.2) is 54.9 Å². The first-order valence-corrected chi connectivity index (χ1v) is 11.7. The summed E-state index contributed by atoms with van der Waals surface area (Å²) in [7, 11) is 0. The molecule has 0 aromatic heterocycles. The summed E-state index contributed by atoms with van der Waals surface area (Å²) in [5, 5.41) is 9.54. The van der Waals surface area contributed by atoms with Gasteiger partial charge in [0.15, 0.2) is 0 Å². The molecule has 0 saturated carbocycles. The van der Waals surface area contributed by atoms with Gasteiger partial charge in [0.1, 0.15) is 6.61 Å². The highest BCUT2D eigenvalue weighted by atomic mass is 16.6. The molecular weight excluding hydrogens is 440 g/mol. The van der Waals surface area contributed by atoms with Crippen LogP contribution in [0.15, 0.2) is 60.7 Å². The summed E-state index contributed by atoms with van der Waals surface area (Å²) in [5.74, 6) is 1.56. The van der Waals surface area contributed by atoms with Crippen molar-refractivity contribution >= 4 is 17.7 Å². The van der Waals surface area contributed by atoms with Crippen LogP contribution >= 0.6 is 0 Å². The summed E-state index contributed by atoms with van der Waals surface area (Å²) >= 11 is 0. The van der Waals surface area contributed by atoms with E-state index in [4.69, 9.17) is 11.2 Å². The van der Waals surface area contributed by atoms with E-state index in [-0.39, 0.29) is 17.6 Å². The number of carboxylic acid groups (broad SMARTS) is 1. The van der Waals surface area contributed by atoms with Gasteiger partial charge in [-0.25, -0.2) is 9.59 Å². The Labute approximate surface area is 204 Å². The van der Waals surface area contributed by atoms with Gasteiger partial charge < -0.3 is 19.6 Å². The maximum Gasteiger partial charge on any atom is 0.409 e. The van der Waals surface area contributed by atoms with E-state index in [0.29, 0.717) is 43.9 Å². The molecule has 0 spiro atoms. The number of amides is 1. The molecule has 2 aliphatic rings. The molecule has 1 saturated heterocycles. The number of fused-ring (bicyclic) bond motifs is 3. The second kappa shape index (κ2) is 9.19. The number of hydrogen-bond donors (Lipinski definition) is 1. The number of terminal acetylenes is 1. The molecule has 3 aromatic rings. The zero-order valence-electron chi connectivity index (χ0n) is 19.5. The second-order valence-electron chi connectivity index (χ2n) is 8.90. The van der Waals surface area contributed by atoms with Crippen LogP contribution in [0.4, 0.5) is 10.5 Å². The lowest BCUT2D eigenvalue weighted by molar-refractivity contribution is 0.0696. The predicted molar refractivity (Wildman–Crippen MR) is 135 cm³/mol. The molecule has 1 aliphatic heterocycles. The van der Waals surface area contributed by atoms with Crippen molar-refractivity contribution in [2.45, 2.75) is 12.8 Å². The van der Waals surface area contributed by atoms with Crippen molar-refractivity contribution in [3.63, 3.8) is 0 Å². The number of ether oxygens (including phenoxy) is 1. The largest absolute Gasteiger partial charge is 0.478 e. The van der Waals surface area contributed by atoms with E-state index in [9.17, 15) is 14.7 Å². The first-order valence-electron chi connectivity index (χ1n) is 11.7. The van der Waals surface area contributed by atoms with Crippen molar-refractivity contribution in [2.75, 3.05) is 37.7 Å². The topological polar surface area (TPSA) is 70.1 Å². The van der Waals surface area contributed by atoms with E-state index in [1.165, 1.54) is 28.3 Å². The molecule has 0 atom stereocenters. The number of hydrogen-bond acceptors (Lipinski definition) is 4. The second-order valence-corrected chi connectivity index (χ2v) is 8.90. The maximum atomic E-state index is 12.9. The first kappa shape index (κ1) is 22.5. The lowest BCUT2D eigenvalue weighted by Gasteiger charge is -2.36. The number of carboxylic acids is 1. The van der Waals surface area contributed by atoms with Crippen LogP contribution in [0.25, 0.3) is 11.1 Å². The Hall–Kier alpha value is -4.24. The van der Waals surface area contributed by atoms with Gasteiger partial charge >= 0.3 is 12.1 Å². The van der Waals surface area contributed by atoms with Crippen LogP contribution in [-0.2, 0) is 4.74 Å². The highest BCUT2D eigenvalue weighted by Gasteiger charge is 2.30. The third kappa shape index (κ3) is 4.10. The fourth-order valence-electron chi connectivity index (χ4n) is 5.15. The van der Waals surface area contributed by atoms with Gasteiger partial charge in [-0.15, -0.1) is 6.42 Å². The number of benzene rings is 3. The first-order chi connectivity index (χ1) is 17.0. The van der Waals surface area contributed by atoms with Crippen LogP contribution in [0.1, 0.15) is 38.5 Å². The molecule has 1 amide bonds. The molecule has 0 unspecified atom stereocenters. The zero-order chi connectivity index (χ0) is 24.5. The van der Waals surface area contributed by atoms with Crippen molar-refractivity contribution in [1.82, 2.24) is 4.90 Å². The quantitative estimate of drug-likeness (QED) is 0.562. The van der Waals surface area contributed by atoms with E-state index < -0.39 is 5.97 Å². The van der Waals surface area contributed by atoms with Crippen molar-refractivity contribution in [3.8, 4) is 23.5 Å². The van der Waals surface area contributed by atoms with Crippen molar-refractivity contribution in [1.29, 1.82) is 0 Å². The number of anilines is 1. The molecule has 35 heavy (non-hydrogen) atoms. The molecular formula is C29H26N2O4. The van der Waals surface area contributed by atoms with Gasteiger partial charge in [0.2, 0.25) is 0 Å². The van der Waals surface area contributed by atoms with E-state index in [1.807, 2.05) is 30.3 Å². The standard InChI is InChI=1S/C29H26N2O4/c1-3-20-16-25(28(32)33)19(2)27(17-20)30-12-14-31(15-13-30)29(34)35-18-26-23-10-6-4-8-21(23)22-9-5-7-11-24(22)26/h1,4-11,16-17,26H,12-15,18H2,2H3,(H,32,33). The lowest BCUT2D eigenvalue weighted by Crippen LogP contribution is -2.49. The smallest absolute Gasteiger partial charge is 0.409 e. The van der Waals surface area contributed by atoms with Crippen LogP contribution in [0.2, 0.25) is 0 Å². The number of carbonyl (C=O) groups is 2. The summed E-state index contributed by atoms with van der Waals surface area (Å²) < 4.78 is 5.80. The Bertz CT molecular complexity index is 1300. The molecule has 6 nitrogen and oxygen atoms in total. The number of nitrogens with zero attached hydrogens (tertiary/aromatic N) is 2. The minimum atomic E-state index is -1.00. The Balaban J connectivity index is 1.25. The molecule has 0 radical (unpaired) electrons. The summed E-state index contributed by atoms with van der Waals surface area (Å²) in [6.07, 6.45) is 5.22. The van der Waals surface area contributed by atoms with Gasteiger partial charge in [0, 0.05) is 43.3 Å². The van der Waals surface area contributed by atoms with E-state index >= 15 is 0 Å². The maximum absolute atomic E-state index is 12.9. The number of carbonyl (C=O) groups excluding carboxylic acids is 1. The number of aromatic carboxylic acids is 1.